The summed E-state index contributed by atoms with van der Waals surface area (Å²) in [6.07, 6.45) is 2.12. The van der Waals surface area contributed by atoms with Gasteiger partial charge in [0.25, 0.3) is 5.91 Å². The molecule has 1 aliphatic heterocycles. The van der Waals surface area contributed by atoms with Gasteiger partial charge >= 0.3 is 0 Å². The van der Waals surface area contributed by atoms with E-state index >= 15 is 0 Å². The van der Waals surface area contributed by atoms with E-state index in [0.29, 0.717) is 18.0 Å². The first kappa shape index (κ1) is 22.3. The first-order valence-electron chi connectivity index (χ1n) is 10.4. The van der Waals surface area contributed by atoms with Crippen LogP contribution in [0.5, 0.6) is 0 Å². The molecule has 2 amide bonds. The van der Waals surface area contributed by atoms with Crippen molar-refractivity contribution in [3.8, 4) is 0 Å². The van der Waals surface area contributed by atoms with Crippen LogP contribution in [0.1, 0.15) is 41.9 Å². The van der Waals surface area contributed by atoms with Gasteiger partial charge < -0.3 is 19.9 Å². The molecule has 2 aromatic rings. The van der Waals surface area contributed by atoms with E-state index in [1.807, 2.05) is 67.4 Å². The molecule has 1 aromatic heterocycles. The van der Waals surface area contributed by atoms with Crippen LogP contribution in [-0.4, -0.2) is 50.1 Å². The minimum absolute atomic E-state index is 0.0871. The lowest BCUT2D eigenvalue weighted by Gasteiger charge is -2.29. The van der Waals surface area contributed by atoms with Gasteiger partial charge in [0.15, 0.2) is 0 Å². The average Bonchev–Trinajstić information content (AvgIpc) is 3.41. The minimum Gasteiger partial charge on any atom is -0.377 e. The van der Waals surface area contributed by atoms with Gasteiger partial charge in [0.05, 0.1) is 11.0 Å². The number of nitrogens with one attached hydrogen (secondary N) is 1. The average molecular weight is 430 g/mol. The maximum Gasteiger partial charge on any atom is 0.265 e. The Morgan fingerprint density at radius 3 is 2.67 bits per heavy atom. The second-order valence-electron chi connectivity index (χ2n) is 8.18. The van der Waals surface area contributed by atoms with Crippen molar-refractivity contribution in [2.24, 2.45) is 5.92 Å². The molecule has 0 aliphatic carbocycles. The van der Waals surface area contributed by atoms with Crippen LogP contribution in [0, 0.1) is 5.92 Å². The first-order valence-corrected chi connectivity index (χ1v) is 11.3. The summed E-state index contributed by atoms with van der Waals surface area (Å²) >= 11 is 1.41. The van der Waals surface area contributed by atoms with Crippen molar-refractivity contribution in [1.29, 1.82) is 0 Å². The van der Waals surface area contributed by atoms with Crippen molar-refractivity contribution in [2.75, 3.05) is 37.5 Å². The molecular formula is C23H31N3O3S. The van der Waals surface area contributed by atoms with Gasteiger partial charge in [-0.25, -0.2) is 0 Å². The summed E-state index contributed by atoms with van der Waals surface area (Å²) in [5, 5.41) is 4.86. The Labute approximate surface area is 182 Å². The number of carbonyl (C=O) groups is 2. The number of hydrogen-bond acceptors (Lipinski definition) is 5. The molecule has 2 heterocycles. The maximum absolute atomic E-state index is 12.9. The summed E-state index contributed by atoms with van der Waals surface area (Å²) in [5.74, 6) is -0.0952. The fraction of sp³-hybridized carbons (Fsp3) is 0.478. The van der Waals surface area contributed by atoms with Crippen LogP contribution in [0.3, 0.4) is 0 Å². The summed E-state index contributed by atoms with van der Waals surface area (Å²) in [6.45, 7) is 5.69. The van der Waals surface area contributed by atoms with Gasteiger partial charge in [-0.15, -0.1) is 11.3 Å². The number of amides is 2. The highest BCUT2D eigenvalue weighted by Gasteiger charge is 2.25. The predicted molar refractivity (Wildman–Crippen MR) is 122 cm³/mol. The first-order chi connectivity index (χ1) is 14.3. The molecule has 1 saturated heterocycles. The quantitative estimate of drug-likeness (QED) is 0.682. The second kappa shape index (κ2) is 10.1. The zero-order chi connectivity index (χ0) is 21.7. The number of carbonyl (C=O) groups excluding carboxylic acids is 2. The number of benzene rings is 1. The van der Waals surface area contributed by atoms with Gasteiger partial charge in [0.1, 0.15) is 0 Å². The molecule has 0 unspecified atom stereocenters. The van der Waals surface area contributed by atoms with E-state index in [4.69, 9.17) is 4.74 Å². The van der Waals surface area contributed by atoms with Crippen LogP contribution in [0.4, 0.5) is 11.4 Å². The van der Waals surface area contributed by atoms with Crippen molar-refractivity contribution in [3.05, 3.63) is 46.2 Å². The Kier molecular flexibility index (Phi) is 7.50. The monoisotopic (exact) mass is 429 g/mol. The van der Waals surface area contributed by atoms with Gasteiger partial charge in [-0.2, -0.15) is 0 Å². The molecule has 0 saturated carbocycles. The third-order valence-corrected chi connectivity index (χ3v) is 6.05. The van der Waals surface area contributed by atoms with Crippen LogP contribution in [0.25, 0.3) is 0 Å². The van der Waals surface area contributed by atoms with Crippen LogP contribution in [0.2, 0.25) is 0 Å². The number of anilines is 2. The van der Waals surface area contributed by atoms with E-state index in [0.717, 1.165) is 36.4 Å². The highest BCUT2D eigenvalue weighted by Crippen LogP contribution is 2.26. The van der Waals surface area contributed by atoms with Gasteiger partial charge in [-0.05, 0) is 48.1 Å². The third kappa shape index (κ3) is 5.61. The smallest absolute Gasteiger partial charge is 0.265 e. The molecular weight excluding hydrogens is 398 g/mol. The van der Waals surface area contributed by atoms with Crippen molar-refractivity contribution in [1.82, 2.24) is 4.90 Å². The normalized spacial score (nSPS) is 16.0. The van der Waals surface area contributed by atoms with Crippen LogP contribution in [0.15, 0.2) is 35.7 Å². The lowest BCUT2D eigenvalue weighted by atomic mass is 10.1. The number of nitrogens with zero attached hydrogens (tertiary/aromatic N) is 2. The Balaban J connectivity index is 1.84. The molecule has 1 atom stereocenters. The van der Waals surface area contributed by atoms with Crippen LogP contribution in [-0.2, 0) is 16.1 Å². The summed E-state index contributed by atoms with van der Waals surface area (Å²) in [5.41, 5.74) is 2.75. The highest BCUT2D eigenvalue weighted by atomic mass is 32.1. The summed E-state index contributed by atoms with van der Waals surface area (Å²) < 4.78 is 5.79. The number of rotatable bonds is 8. The van der Waals surface area contributed by atoms with E-state index in [-0.39, 0.29) is 23.8 Å². The van der Waals surface area contributed by atoms with Crippen molar-refractivity contribution >= 4 is 34.5 Å². The van der Waals surface area contributed by atoms with Crippen LogP contribution < -0.4 is 10.2 Å². The fourth-order valence-corrected chi connectivity index (χ4v) is 4.28. The molecule has 6 nitrogen and oxygen atoms in total. The molecule has 1 fully saturated rings. The summed E-state index contributed by atoms with van der Waals surface area (Å²) in [4.78, 5) is 30.0. The molecule has 1 aliphatic rings. The number of hydrogen-bond donors (Lipinski definition) is 1. The molecule has 0 bridgehead atoms. The SMILES string of the molecule is CC(C)C(=O)N(Cc1cc(NC(=O)c2cccs2)ccc1N(C)C)C[C@@H]1CCCO1. The molecule has 3 rings (SSSR count). The Morgan fingerprint density at radius 1 is 1.27 bits per heavy atom. The van der Waals surface area contributed by atoms with Gasteiger partial charge in [-0.1, -0.05) is 19.9 Å². The fourth-order valence-electron chi connectivity index (χ4n) is 3.66. The maximum atomic E-state index is 12.9. The Morgan fingerprint density at radius 2 is 2.07 bits per heavy atom. The Bertz CT molecular complexity index is 859. The van der Waals surface area contributed by atoms with E-state index in [1.165, 1.54) is 11.3 Å². The third-order valence-electron chi connectivity index (χ3n) is 5.18. The van der Waals surface area contributed by atoms with Crippen LogP contribution >= 0.6 is 11.3 Å². The van der Waals surface area contributed by atoms with E-state index in [9.17, 15) is 9.59 Å². The topological polar surface area (TPSA) is 61.9 Å². The largest absolute Gasteiger partial charge is 0.377 e. The molecule has 7 heteroatoms. The van der Waals surface area contributed by atoms with Gasteiger partial charge in [-0.3, -0.25) is 9.59 Å². The zero-order valence-corrected chi connectivity index (χ0v) is 19.0. The highest BCUT2D eigenvalue weighted by molar-refractivity contribution is 7.12. The minimum atomic E-state index is -0.122. The van der Waals surface area contributed by atoms with Crippen molar-refractivity contribution in [3.63, 3.8) is 0 Å². The lowest BCUT2D eigenvalue weighted by molar-refractivity contribution is -0.136. The predicted octanol–water partition coefficient (Wildman–Crippen LogP) is 4.23. The van der Waals surface area contributed by atoms with Crippen molar-refractivity contribution < 1.29 is 14.3 Å². The Hall–Kier alpha value is -2.38. The molecule has 0 radical (unpaired) electrons. The molecule has 0 spiro atoms. The van der Waals surface area contributed by atoms with E-state index in [2.05, 4.69) is 5.32 Å². The standard InChI is InChI=1S/C23H31N3O3S/c1-16(2)23(28)26(15-19-7-5-11-29-19)14-17-13-18(9-10-20(17)25(3)4)24-22(27)21-8-6-12-30-21/h6,8-10,12-13,16,19H,5,7,11,14-15H2,1-4H3,(H,24,27)/t19-/m0/s1. The number of ether oxygens (including phenoxy) is 1. The zero-order valence-electron chi connectivity index (χ0n) is 18.2. The lowest BCUT2D eigenvalue weighted by Crippen LogP contribution is -2.39. The van der Waals surface area contributed by atoms with E-state index in [1.54, 1.807) is 6.07 Å². The molecule has 30 heavy (non-hydrogen) atoms. The van der Waals surface area contributed by atoms with Crippen molar-refractivity contribution in [2.45, 2.75) is 39.3 Å². The summed E-state index contributed by atoms with van der Waals surface area (Å²) in [6, 6.07) is 9.53. The molecule has 1 N–H and O–H groups in total. The molecule has 1 aromatic carbocycles. The van der Waals surface area contributed by atoms with E-state index < -0.39 is 0 Å². The second-order valence-corrected chi connectivity index (χ2v) is 9.13. The van der Waals surface area contributed by atoms with Gasteiger partial charge in [0, 0.05) is 51.1 Å². The molecule has 162 valence electrons. The number of thiophene rings is 1. The van der Waals surface area contributed by atoms with Gasteiger partial charge in [0.2, 0.25) is 5.91 Å². The summed E-state index contributed by atoms with van der Waals surface area (Å²) in [7, 11) is 3.97.